The van der Waals surface area contributed by atoms with Crippen molar-refractivity contribution in [2.75, 3.05) is 5.32 Å². The smallest absolute Gasteiger partial charge is 0.305 e. The number of hydrogen-bond donors (Lipinski definition) is 2. The number of hydrogen-bond acceptors (Lipinski definition) is 4. The lowest BCUT2D eigenvalue weighted by molar-refractivity contribution is -0.137. The largest absolute Gasteiger partial charge is 0.481 e. The lowest BCUT2D eigenvalue weighted by atomic mass is 10.0. The molecule has 1 heterocycles. The van der Waals surface area contributed by atoms with Crippen LogP contribution in [0.4, 0.5) is 5.95 Å². The van der Waals surface area contributed by atoms with Gasteiger partial charge in [0.05, 0.1) is 11.9 Å². The number of carbonyl (C=O) groups is 1. The molecule has 0 aliphatic heterocycles. The predicted octanol–water partition coefficient (Wildman–Crippen LogP) is 2.54. The molecule has 100 valence electrons. The number of aliphatic carboxylic acids is 1. The molecule has 0 saturated heterocycles. The quantitative estimate of drug-likeness (QED) is 0.863. The molecule has 1 unspecified atom stereocenters. The molecule has 0 saturated carbocycles. The van der Waals surface area contributed by atoms with Crippen molar-refractivity contribution in [1.82, 2.24) is 9.97 Å². The average molecular weight is 259 g/mol. The Balaban J connectivity index is 2.21. The van der Waals surface area contributed by atoms with Gasteiger partial charge in [-0.05, 0) is 12.0 Å². The molecule has 1 aromatic heterocycles. The minimum absolute atomic E-state index is 0.0495. The second-order valence-corrected chi connectivity index (χ2v) is 4.85. The molecular weight excluding hydrogens is 242 g/mol. The molecule has 0 spiro atoms. The second-order valence-electron chi connectivity index (χ2n) is 4.85. The number of fused-ring (bicyclic) bond motifs is 1. The van der Waals surface area contributed by atoms with E-state index in [4.69, 9.17) is 5.11 Å². The summed E-state index contributed by atoms with van der Waals surface area (Å²) in [5.41, 5.74) is 0.845. The summed E-state index contributed by atoms with van der Waals surface area (Å²) in [6.07, 6.45) is 1.79. The number of carboxylic acids is 1. The normalized spacial score (nSPS) is 12.6. The standard InChI is InChI=1S/C14H17N3O2/c1-9(2)12(7-13(18)19)17-14-15-8-10-5-3-4-6-11(10)16-14/h3-6,8-9,12H,7H2,1-2H3,(H,18,19)(H,15,16,17). The van der Waals surface area contributed by atoms with E-state index in [0.29, 0.717) is 5.95 Å². The third-order valence-electron chi connectivity index (χ3n) is 3.00. The molecule has 2 N–H and O–H groups in total. The molecule has 0 amide bonds. The predicted molar refractivity (Wildman–Crippen MR) is 74.0 cm³/mol. The van der Waals surface area contributed by atoms with Gasteiger partial charge in [0.1, 0.15) is 0 Å². The zero-order chi connectivity index (χ0) is 13.8. The SMILES string of the molecule is CC(C)C(CC(=O)O)Nc1ncc2ccccc2n1. The zero-order valence-electron chi connectivity index (χ0n) is 11.0. The summed E-state index contributed by atoms with van der Waals surface area (Å²) in [5, 5.41) is 13.0. The van der Waals surface area contributed by atoms with Crippen LogP contribution in [0.2, 0.25) is 0 Å². The summed E-state index contributed by atoms with van der Waals surface area (Å²) in [6, 6.07) is 7.51. The second kappa shape index (κ2) is 5.65. The summed E-state index contributed by atoms with van der Waals surface area (Å²) in [4.78, 5) is 19.4. The molecule has 1 aromatic carbocycles. The maximum atomic E-state index is 10.8. The average Bonchev–Trinajstić information content (AvgIpc) is 2.37. The number of nitrogens with one attached hydrogen (secondary N) is 1. The Hall–Kier alpha value is -2.17. The Morgan fingerprint density at radius 2 is 2.11 bits per heavy atom. The van der Waals surface area contributed by atoms with Gasteiger partial charge in [0.25, 0.3) is 0 Å². The van der Waals surface area contributed by atoms with Gasteiger partial charge < -0.3 is 10.4 Å². The topological polar surface area (TPSA) is 75.1 Å². The van der Waals surface area contributed by atoms with Crippen molar-refractivity contribution in [3.8, 4) is 0 Å². The Bertz CT molecular complexity index is 584. The van der Waals surface area contributed by atoms with Crippen LogP contribution in [0.25, 0.3) is 10.9 Å². The number of aromatic nitrogens is 2. The van der Waals surface area contributed by atoms with Gasteiger partial charge in [-0.1, -0.05) is 32.0 Å². The Morgan fingerprint density at radius 3 is 2.79 bits per heavy atom. The van der Waals surface area contributed by atoms with E-state index < -0.39 is 5.97 Å². The zero-order valence-corrected chi connectivity index (χ0v) is 11.0. The van der Waals surface area contributed by atoms with Gasteiger partial charge in [0.15, 0.2) is 0 Å². The van der Waals surface area contributed by atoms with Crippen molar-refractivity contribution in [3.05, 3.63) is 30.5 Å². The van der Waals surface area contributed by atoms with Gasteiger partial charge in [0, 0.05) is 17.6 Å². The van der Waals surface area contributed by atoms with Crippen LogP contribution in [0.15, 0.2) is 30.5 Å². The summed E-state index contributed by atoms with van der Waals surface area (Å²) in [7, 11) is 0. The van der Waals surface area contributed by atoms with Gasteiger partial charge in [-0.25, -0.2) is 9.97 Å². The first kappa shape index (κ1) is 13.3. The van der Waals surface area contributed by atoms with Crippen LogP contribution in [-0.2, 0) is 4.79 Å². The number of nitrogens with zero attached hydrogens (tertiary/aromatic N) is 2. The number of anilines is 1. The molecule has 0 radical (unpaired) electrons. The van der Waals surface area contributed by atoms with Crippen LogP contribution in [0.5, 0.6) is 0 Å². The van der Waals surface area contributed by atoms with Crippen LogP contribution in [0.1, 0.15) is 20.3 Å². The van der Waals surface area contributed by atoms with Crippen molar-refractivity contribution >= 4 is 22.8 Å². The van der Waals surface area contributed by atoms with Crippen LogP contribution in [0.3, 0.4) is 0 Å². The highest BCUT2D eigenvalue weighted by atomic mass is 16.4. The van der Waals surface area contributed by atoms with E-state index in [9.17, 15) is 4.79 Å². The van der Waals surface area contributed by atoms with Crippen LogP contribution in [-0.4, -0.2) is 27.1 Å². The third-order valence-corrected chi connectivity index (χ3v) is 3.00. The Kier molecular flexibility index (Phi) is 3.94. The van der Waals surface area contributed by atoms with Crippen LogP contribution >= 0.6 is 0 Å². The van der Waals surface area contributed by atoms with E-state index >= 15 is 0 Å². The highest BCUT2D eigenvalue weighted by Gasteiger charge is 2.18. The first-order valence-corrected chi connectivity index (χ1v) is 6.26. The van der Waals surface area contributed by atoms with E-state index in [0.717, 1.165) is 10.9 Å². The summed E-state index contributed by atoms with van der Waals surface area (Å²) < 4.78 is 0. The van der Waals surface area contributed by atoms with E-state index in [1.165, 1.54) is 0 Å². The summed E-state index contributed by atoms with van der Waals surface area (Å²) >= 11 is 0. The molecule has 0 aliphatic carbocycles. The lowest BCUT2D eigenvalue weighted by Gasteiger charge is -2.20. The molecule has 2 aromatic rings. The minimum Gasteiger partial charge on any atom is -0.481 e. The van der Waals surface area contributed by atoms with Crippen LogP contribution < -0.4 is 5.32 Å². The van der Waals surface area contributed by atoms with Gasteiger partial charge in [-0.15, -0.1) is 0 Å². The monoisotopic (exact) mass is 259 g/mol. The molecule has 0 aliphatic rings. The minimum atomic E-state index is -0.827. The Labute approximate surface area is 111 Å². The molecule has 1 atom stereocenters. The van der Waals surface area contributed by atoms with Crippen molar-refractivity contribution in [2.45, 2.75) is 26.3 Å². The molecule has 2 rings (SSSR count). The van der Waals surface area contributed by atoms with Crippen molar-refractivity contribution in [3.63, 3.8) is 0 Å². The van der Waals surface area contributed by atoms with Gasteiger partial charge in [-0.2, -0.15) is 0 Å². The fraction of sp³-hybridized carbons (Fsp3) is 0.357. The first-order valence-electron chi connectivity index (χ1n) is 6.26. The summed E-state index contributed by atoms with van der Waals surface area (Å²) in [6.45, 7) is 3.95. The maximum absolute atomic E-state index is 10.8. The lowest BCUT2D eigenvalue weighted by Crippen LogP contribution is -2.29. The first-order chi connectivity index (χ1) is 9.06. The number of carboxylic acid groups (broad SMARTS) is 1. The highest BCUT2D eigenvalue weighted by Crippen LogP contribution is 2.15. The molecular formula is C14H17N3O2. The molecule has 5 heteroatoms. The molecule has 5 nitrogen and oxygen atoms in total. The van der Waals surface area contributed by atoms with Gasteiger partial charge >= 0.3 is 5.97 Å². The fourth-order valence-electron chi connectivity index (χ4n) is 1.85. The maximum Gasteiger partial charge on any atom is 0.305 e. The molecule has 0 fully saturated rings. The molecule has 0 bridgehead atoms. The van der Waals surface area contributed by atoms with E-state index in [1.54, 1.807) is 6.20 Å². The van der Waals surface area contributed by atoms with Gasteiger partial charge in [-0.3, -0.25) is 4.79 Å². The van der Waals surface area contributed by atoms with Crippen LogP contribution in [0, 0.1) is 5.92 Å². The van der Waals surface area contributed by atoms with Crippen molar-refractivity contribution in [2.24, 2.45) is 5.92 Å². The number of rotatable bonds is 5. The fourth-order valence-corrected chi connectivity index (χ4v) is 1.85. The Morgan fingerprint density at radius 1 is 1.37 bits per heavy atom. The van der Waals surface area contributed by atoms with E-state index in [-0.39, 0.29) is 18.4 Å². The number of para-hydroxylation sites is 1. The van der Waals surface area contributed by atoms with E-state index in [1.807, 2.05) is 38.1 Å². The van der Waals surface area contributed by atoms with Crippen molar-refractivity contribution in [1.29, 1.82) is 0 Å². The highest BCUT2D eigenvalue weighted by molar-refractivity contribution is 5.78. The summed E-state index contributed by atoms with van der Waals surface area (Å²) in [5.74, 6) is -0.170. The molecule has 19 heavy (non-hydrogen) atoms. The number of benzene rings is 1. The van der Waals surface area contributed by atoms with Crippen molar-refractivity contribution < 1.29 is 9.90 Å². The van der Waals surface area contributed by atoms with Gasteiger partial charge in [0.2, 0.25) is 5.95 Å². The van der Waals surface area contributed by atoms with E-state index in [2.05, 4.69) is 15.3 Å². The third kappa shape index (κ3) is 3.40.